The van der Waals surface area contributed by atoms with Crippen molar-refractivity contribution in [2.75, 3.05) is 5.32 Å². The van der Waals surface area contributed by atoms with Gasteiger partial charge in [-0.05, 0) is 37.1 Å². The Morgan fingerprint density at radius 2 is 1.68 bits per heavy atom. The first-order valence-electron chi connectivity index (χ1n) is 11.0. The van der Waals surface area contributed by atoms with Crippen molar-refractivity contribution in [1.29, 1.82) is 0 Å². The largest absolute Gasteiger partial charge is 0.372 e. The maximum Gasteiger partial charge on any atom is 0.251 e. The molecule has 0 fully saturated rings. The zero-order valence-electron chi connectivity index (χ0n) is 19.1. The van der Waals surface area contributed by atoms with Crippen molar-refractivity contribution in [3.05, 3.63) is 113 Å². The predicted molar refractivity (Wildman–Crippen MR) is 138 cm³/mol. The third kappa shape index (κ3) is 5.58. The van der Waals surface area contributed by atoms with Crippen LogP contribution < -0.4 is 10.6 Å². The molecule has 34 heavy (non-hydrogen) atoms. The van der Waals surface area contributed by atoms with Crippen molar-refractivity contribution in [3.63, 3.8) is 0 Å². The smallest absolute Gasteiger partial charge is 0.251 e. The highest BCUT2D eigenvalue weighted by atomic mass is 32.1. The summed E-state index contributed by atoms with van der Waals surface area (Å²) in [6.45, 7) is 7.48. The van der Waals surface area contributed by atoms with Crippen molar-refractivity contribution in [3.8, 4) is 11.3 Å². The van der Waals surface area contributed by atoms with Crippen LogP contribution >= 0.6 is 11.3 Å². The Morgan fingerprint density at radius 3 is 2.35 bits per heavy atom. The molecule has 0 aliphatic heterocycles. The van der Waals surface area contributed by atoms with E-state index >= 15 is 0 Å². The Kier molecular flexibility index (Phi) is 6.89. The van der Waals surface area contributed by atoms with Crippen LogP contribution in [0.15, 0.2) is 91.5 Å². The van der Waals surface area contributed by atoms with Crippen LogP contribution in [0.3, 0.4) is 0 Å². The van der Waals surface area contributed by atoms with Crippen molar-refractivity contribution in [2.24, 2.45) is 0 Å². The zero-order chi connectivity index (χ0) is 24.1. The molecule has 0 radical (unpaired) electrons. The number of carbonyl (C=O) groups is 1. The van der Waals surface area contributed by atoms with E-state index in [-0.39, 0.29) is 11.7 Å². The van der Waals surface area contributed by atoms with E-state index in [1.165, 1.54) is 29.0 Å². The van der Waals surface area contributed by atoms with Gasteiger partial charge in [0.1, 0.15) is 11.4 Å². The predicted octanol–water partition coefficient (Wildman–Crippen LogP) is 6.52. The molecule has 0 spiro atoms. The van der Waals surface area contributed by atoms with Gasteiger partial charge in [-0.1, -0.05) is 79.4 Å². The molecule has 0 aliphatic rings. The lowest BCUT2D eigenvalue weighted by Crippen LogP contribution is -2.48. The first-order valence-corrected chi connectivity index (χ1v) is 11.8. The number of nitrogens with one attached hydrogen (secondary N) is 2. The van der Waals surface area contributed by atoms with Crippen LogP contribution in [0.25, 0.3) is 17.0 Å². The van der Waals surface area contributed by atoms with Crippen molar-refractivity contribution in [2.45, 2.75) is 25.8 Å². The maximum absolute atomic E-state index is 13.6. The number of anilines is 1. The molecular weight excluding hydrogens is 445 g/mol. The normalized spacial score (nSPS) is 11.1. The van der Waals surface area contributed by atoms with E-state index in [2.05, 4.69) is 29.3 Å². The number of carbonyl (C=O) groups excluding carboxylic acids is 1. The van der Waals surface area contributed by atoms with Gasteiger partial charge in [0.2, 0.25) is 0 Å². The summed E-state index contributed by atoms with van der Waals surface area (Å²) >= 11 is 1.47. The number of nitrogens with zero attached hydrogens (tertiary/aromatic N) is 1. The minimum Gasteiger partial charge on any atom is -0.372 e. The van der Waals surface area contributed by atoms with Gasteiger partial charge in [0, 0.05) is 22.6 Å². The highest BCUT2D eigenvalue weighted by Gasteiger charge is 2.29. The minimum absolute atomic E-state index is 0.260. The molecule has 172 valence electrons. The molecule has 4 rings (SSSR count). The number of aromatic nitrogens is 1. The average Bonchev–Trinajstić information content (AvgIpc) is 3.22. The number of benzene rings is 3. The molecule has 1 amide bonds. The van der Waals surface area contributed by atoms with Gasteiger partial charge in [-0.2, -0.15) is 0 Å². The second kappa shape index (κ2) is 10.0. The Balaban J connectivity index is 1.55. The summed E-state index contributed by atoms with van der Waals surface area (Å²) in [5, 5.41) is 6.60. The average molecular weight is 472 g/mol. The van der Waals surface area contributed by atoms with Crippen LogP contribution in [0, 0.1) is 5.82 Å². The van der Waals surface area contributed by atoms with Crippen LogP contribution in [0.5, 0.6) is 0 Å². The molecule has 1 heterocycles. The SMILES string of the molecule is C=C(NC(C)(C)C(=O)Nc1nc(-c2ccccc2)c(Cc2ccccc2)s1)c1cccc(F)c1. The summed E-state index contributed by atoms with van der Waals surface area (Å²) in [7, 11) is 0. The molecule has 0 aliphatic carbocycles. The van der Waals surface area contributed by atoms with Crippen LogP contribution in [0.4, 0.5) is 9.52 Å². The quantitative estimate of drug-likeness (QED) is 0.308. The summed E-state index contributed by atoms with van der Waals surface area (Å²) in [5.41, 5.74) is 3.10. The fourth-order valence-corrected chi connectivity index (χ4v) is 4.58. The number of amides is 1. The van der Waals surface area contributed by atoms with Gasteiger partial charge in [0.15, 0.2) is 5.13 Å². The Labute approximate surface area is 203 Å². The van der Waals surface area contributed by atoms with Gasteiger partial charge in [-0.15, -0.1) is 11.3 Å². The topological polar surface area (TPSA) is 54.0 Å². The van der Waals surface area contributed by atoms with E-state index in [0.717, 1.165) is 22.6 Å². The zero-order valence-corrected chi connectivity index (χ0v) is 20.0. The van der Waals surface area contributed by atoms with Crippen molar-refractivity contribution >= 4 is 28.1 Å². The lowest BCUT2D eigenvalue weighted by Gasteiger charge is -2.27. The van der Waals surface area contributed by atoms with Crippen molar-refractivity contribution < 1.29 is 9.18 Å². The fourth-order valence-electron chi connectivity index (χ4n) is 3.56. The number of thiazole rings is 1. The molecule has 0 saturated heterocycles. The minimum atomic E-state index is -0.998. The summed E-state index contributed by atoms with van der Waals surface area (Å²) < 4.78 is 13.6. The molecule has 1 aromatic heterocycles. The Morgan fingerprint density at radius 1 is 1.00 bits per heavy atom. The van der Waals surface area contributed by atoms with Gasteiger partial charge in [0.05, 0.1) is 5.69 Å². The van der Waals surface area contributed by atoms with Gasteiger partial charge in [-0.25, -0.2) is 9.37 Å². The Bertz CT molecular complexity index is 1300. The maximum atomic E-state index is 13.6. The summed E-state index contributed by atoms with van der Waals surface area (Å²) in [6, 6.07) is 26.2. The highest BCUT2D eigenvalue weighted by molar-refractivity contribution is 7.16. The van der Waals surface area contributed by atoms with E-state index in [9.17, 15) is 9.18 Å². The van der Waals surface area contributed by atoms with Crippen LogP contribution in [-0.2, 0) is 11.2 Å². The molecule has 3 aromatic carbocycles. The Hall–Kier alpha value is -3.77. The molecule has 0 atom stereocenters. The second-order valence-corrected chi connectivity index (χ2v) is 9.60. The first kappa shape index (κ1) is 23.4. The van der Waals surface area contributed by atoms with Gasteiger partial charge < -0.3 is 5.32 Å². The van der Waals surface area contributed by atoms with Gasteiger partial charge >= 0.3 is 0 Å². The van der Waals surface area contributed by atoms with Crippen molar-refractivity contribution in [1.82, 2.24) is 10.3 Å². The second-order valence-electron chi connectivity index (χ2n) is 8.51. The first-order chi connectivity index (χ1) is 16.3. The number of halogens is 1. The van der Waals surface area contributed by atoms with Gasteiger partial charge in [-0.3, -0.25) is 10.1 Å². The monoisotopic (exact) mass is 471 g/mol. The molecule has 0 unspecified atom stereocenters. The lowest BCUT2D eigenvalue weighted by atomic mass is 10.0. The summed E-state index contributed by atoms with van der Waals surface area (Å²) in [5.74, 6) is -0.616. The van der Waals surface area contributed by atoms with Crippen LogP contribution in [-0.4, -0.2) is 16.4 Å². The molecule has 4 aromatic rings. The molecule has 6 heteroatoms. The number of hydrogen-bond acceptors (Lipinski definition) is 4. The summed E-state index contributed by atoms with van der Waals surface area (Å²) in [6.07, 6.45) is 0.719. The molecule has 0 bridgehead atoms. The molecule has 0 saturated carbocycles. The number of rotatable bonds is 8. The van der Waals surface area contributed by atoms with E-state index in [0.29, 0.717) is 16.4 Å². The van der Waals surface area contributed by atoms with Crippen LogP contribution in [0.1, 0.15) is 29.9 Å². The molecular formula is C28H26FN3OS. The third-order valence-corrected chi connectivity index (χ3v) is 6.35. The lowest BCUT2D eigenvalue weighted by molar-refractivity contribution is -0.120. The van der Waals surface area contributed by atoms with E-state index < -0.39 is 5.54 Å². The molecule has 2 N–H and O–H groups in total. The van der Waals surface area contributed by atoms with E-state index in [4.69, 9.17) is 4.98 Å². The summed E-state index contributed by atoms with van der Waals surface area (Å²) in [4.78, 5) is 19.0. The fraction of sp³-hybridized carbons (Fsp3) is 0.143. The van der Waals surface area contributed by atoms with Crippen LogP contribution in [0.2, 0.25) is 0 Å². The van der Waals surface area contributed by atoms with E-state index in [1.807, 2.05) is 48.5 Å². The van der Waals surface area contributed by atoms with E-state index in [1.54, 1.807) is 26.0 Å². The molecule has 4 nitrogen and oxygen atoms in total. The standard InChI is InChI=1S/C28H26FN3OS/c1-19(22-15-10-16-23(29)18-22)32-28(2,3)26(33)31-27-30-25(21-13-8-5-9-14-21)24(34-27)17-20-11-6-4-7-12-20/h4-16,18,32H,1,17H2,2-3H3,(H,30,31,33). The number of hydrogen-bond donors (Lipinski definition) is 2. The van der Waals surface area contributed by atoms with Gasteiger partial charge in [0.25, 0.3) is 5.91 Å². The highest BCUT2D eigenvalue weighted by Crippen LogP contribution is 2.33. The third-order valence-electron chi connectivity index (χ3n) is 5.38.